The number of carboxylic acids is 1. The summed E-state index contributed by atoms with van der Waals surface area (Å²) in [7, 11) is 0. The first-order valence-electron chi connectivity index (χ1n) is 10.3. The highest BCUT2D eigenvalue weighted by Gasteiger charge is 2.48. The number of para-hydroxylation sites is 1. The molecule has 4 heterocycles. The Hall–Kier alpha value is -2.96. The molecule has 2 aromatic carbocycles. The lowest BCUT2D eigenvalue weighted by Crippen LogP contribution is -2.49. The Balaban J connectivity index is 1.58. The van der Waals surface area contributed by atoms with Crippen LogP contribution in [0.2, 0.25) is 0 Å². The highest BCUT2D eigenvalue weighted by molar-refractivity contribution is 5.86. The van der Waals surface area contributed by atoms with Gasteiger partial charge in [0.05, 0.1) is 19.3 Å². The first-order valence-corrected chi connectivity index (χ1v) is 10.3. The number of aromatic amines is 1. The van der Waals surface area contributed by atoms with Crippen molar-refractivity contribution in [3.8, 4) is 0 Å². The molecule has 1 saturated heterocycles. The number of halogens is 1. The molecule has 2 N–H and O–H groups in total. The molecule has 6 heteroatoms. The van der Waals surface area contributed by atoms with Crippen LogP contribution in [0.25, 0.3) is 17.0 Å². The number of H-pyrrole nitrogens is 1. The third kappa shape index (κ3) is 2.50. The summed E-state index contributed by atoms with van der Waals surface area (Å²) in [4.78, 5) is 16.9. The van der Waals surface area contributed by atoms with Gasteiger partial charge >= 0.3 is 5.97 Å². The molecule has 1 fully saturated rings. The second-order valence-electron chi connectivity index (χ2n) is 8.34. The fourth-order valence-electron chi connectivity index (χ4n) is 5.61. The number of aliphatic carboxylic acids is 1. The van der Waals surface area contributed by atoms with Gasteiger partial charge in [0.1, 0.15) is 5.82 Å². The van der Waals surface area contributed by atoms with Crippen LogP contribution >= 0.6 is 0 Å². The number of ether oxygens (including phenoxy) is 1. The molecule has 0 radical (unpaired) electrons. The molecule has 6 rings (SSSR count). The van der Waals surface area contributed by atoms with Crippen molar-refractivity contribution in [3.63, 3.8) is 0 Å². The van der Waals surface area contributed by atoms with E-state index in [4.69, 9.17) is 9.84 Å². The van der Waals surface area contributed by atoms with Crippen LogP contribution in [0.3, 0.4) is 0 Å². The Morgan fingerprint density at radius 2 is 2.13 bits per heavy atom. The maximum absolute atomic E-state index is 15.6. The molecule has 3 aliphatic rings. The Morgan fingerprint density at radius 1 is 1.27 bits per heavy atom. The van der Waals surface area contributed by atoms with Crippen molar-refractivity contribution < 1.29 is 19.0 Å². The SMILES string of the molecule is O=C(O)/C=C/c1cc(F)c2c(c1)C1COC[C@H]1N1CCc3c([nH]c4ccccc34)[C@@H]21. The summed E-state index contributed by atoms with van der Waals surface area (Å²) in [5.41, 5.74) is 5.63. The largest absolute Gasteiger partial charge is 0.478 e. The van der Waals surface area contributed by atoms with Crippen LogP contribution in [-0.4, -0.2) is 46.8 Å². The first kappa shape index (κ1) is 17.9. The molecule has 0 saturated carbocycles. The van der Waals surface area contributed by atoms with Crippen LogP contribution in [0.1, 0.15) is 39.9 Å². The number of carbonyl (C=O) groups is 1. The van der Waals surface area contributed by atoms with Gasteiger partial charge in [-0.25, -0.2) is 9.18 Å². The Kier molecular flexibility index (Phi) is 3.88. The minimum Gasteiger partial charge on any atom is -0.478 e. The minimum atomic E-state index is -1.05. The molecule has 3 atom stereocenters. The van der Waals surface area contributed by atoms with Crippen molar-refractivity contribution in [2.24, 2.45) is 0 Å². The number of aromatic nitrogens is 1. The molecule has 5 nitrogen and oxygen atoms in total. The first-order chi connectivity index (χ1) is 14.6. The van der Waals surface area contributed by atoms with Gasteiger partial charge in [0.25, 0.3) is 0 Å². The summed E-state index contributed by atoms with van der Waals surface area (Å²) >= 11 is 0. The summed E-state index contributed by atoms with van der Waals surface area (Å²) in [6.45, 7) is 2.06. The third-order valence-corrected chi connectivity index (χ3v) is 6.82. The number of fused-ring (bicyclic) bond motifs is 10. The zero-order chi connectivity index (χ0) is 20.4. The van der Waals surface area contributed by atoms with Crippen molar-refractivity contribution in [3.05, 3.63) is 76.2 Å². The lowest BCUT2D eigenvalue weighted by molar-refractivity contribution is -0.131. The number of hydrogen-bond acceptors (Lipinski definition) is 3. The number of nitrogens with one attached hydrogen (secondary N) is 1. The van der Waals surface area contributed by atoms with Crippen molar-refractivity contribution in [1.82, 2.24) is 9.88 Å². The van der Waals surface area contributed by atoms with Gasteiger partial charge in [-0.1, -0.05) is 24.3 Å². The van der Waals surface area contributed by atoms with E-state index in [1.54, 1.807) is 0 Å². The van der Waals surface area contributed by atoms with E-state index in [1.165, 1.54) is 23.1 Å². The van der Waals surface area contributed by atoms with E-state index < -0.39 is 5.97 Å². The second-order valence-corrected chi connectivity index (χ2v) is 8.34. The summed E-state index contributed by atoms with van der Waals surface area (Å²) in [6, 6.07) is 11.7. The molecular weight excluding hydrogens is 383 g/mol. The molecule has 0 aliphatic carbocycles. The van der Waals surface area contributed by atoms with Gasteiger partial charge in [-0.2, -0.15) is 0 Å². The van der Waals surface area contributed by atoms with Gasteiger partial charge in [-0.3, -0.25) is 4.90 Å². The molecule has 0 spiro atoms. The Labute approximate surface area is 172 Å². The van der Waals surface area contributed by atoms with Crippen LogP contribution in [0.5, 0.6) is 0 Å². The molecular formula is C24H21FN2O3. The number of benzene rings is 2. The van der Waals surface area contributed by atoms with Gasteiger partial charge in [-0.15, -0.1) is 0 Å². The minimum absolute atomic E-state index is 0.0925. The predicted octanol–water partition coefficient (Wildman–Crippen LogP) is 3.85. The summed E-state index contributed by atoms with van der Waals surface area (Å²) in [5, 5.41) is 10.2. The Bertz CT molecular complexity index is 1210. The van der Waals surface area contributed by atoms with Gasteiger partial charge in [0, 0.05) is 46.7 Å². The summed E-state index contributed by atoms with van der Waals surface area (Å²) in [6.07, 6.45) is 3.43. The van der Waals surface area contributed by atoms with Crippen molar-refractivity contribution in [1.29, 1.82) is 0 Å². The van der Waals surface area contributed by atoms with E-state index in [0.29, 0.717) is 24.3 Å². The maximum Gasteiger partial charge on any atom is 0.328 e. The monoisotopic (exact) mass is 404 g/mol. The van der Waals surface area contributed by atoms with E-state index in [9.17, 15) is 4.79 Å². The van der Waals surface area contributed by atoms with Crippen LogP contribution in [0.4, 0.5) is 4.39 Å². The normalized spacial score (nSPS) is 25.2. The molecule has 1 aromatic heterocycles. The molecule has 3 aromatic rings. The smallest absolute Gasteiger partial charge is 0.328 e. The second kappa shape index (κ2) is 6.52. The molecule has 3 aliphatic heterocycles. The van der Waals surface area contributed by atoms with Crippen molar-refractivity contribution in [2.45, 2.75) is 24.4 Å². The van der Waals surface area contributed by atoms with Crippen LogP contribution in [0, 0.1) is 5.82 Å². The van der Waals surface area contributed by atoms with Crippen LogP contribution in [0.15, 0.2) is 42.5 Å². The molecule has 0 amide bonds. The zero-order valence-electron chi connectivity index (χ0n) is 16.3. The van der Waals surface area contributed by atoms with E-state index in [-0.39, 0.29) is 23.8 Å². The van der Waals surface area contributed by atoms with E-state index in [1.807, 2.05) is 18.2 Å². The molecule has 0 bridgehead atoms. The number of carboxylic acid groups (broad SMARTS) is 1. The van der Waals surface area contributed by atoms with Crippen molar-refractivity contribution >= 4 is 22.9 Å². The number of nitrogens with zero attached hydrogens (tertiary/aromatic N) is 1. The standard InChI is InChI=1S/C24H21FN2O3/c25-18-10-13(5-6-21(28)29)9-16-17-11-30-12-20(17)27-8-7-15-14-3-1-2-4-19(14)26-23(15)24(27)22(16)18/h1-6,9-10,17,20,24,26H,7-8,11-12H2,(H,28,29)/b6-5+/t17?,20-,24-/m1/s1. The molecule has 152 valence electrons. The van der Waals surface area contributed by atoms with Gasteiger partial charge in [0.15, 0.2) is 0 Å². The average molecular weight is 404 g/mol. The average Bonchev–Trinajstić information content (AvgIpc) is 3.37. The molecule has 30 heavy (non-hydrogen) atoms. The Morgan fingerprint density at radius 3 is 3.00 bits per heavy atom. The fourth-order valence-corrected chi connectivity index (χ4v) is 5.61. The predicted molar refractivity (Wildman–Crippen MR) is 111 cm³/mol. The van der Waals surface area contributed by atoms with Crippen molar-refractivity contribution in [2.75, 3.05) is 19.8 Å². The quantitative estimate of drug-likeness (QED) is 0.637. The lowest BCUT2D eigenvalue weighted by Gasteiger charge is -2.46. The molecule has 1 unspecified atom stereocenters. The number of rotatable bonds is 2. The third-order valence-electron chi connectivity index (χ3n) is 6.82. The summed E-state index contributed by atoms with van der Waals surface area (Å²) < 4.78 is 21.4. The van der Waals surface area contributed by atoms with Crippen LogP contribution < -0.4 is 0 Å². The van der Waals surface area contributed by atoms with Gasteiger partial charge in [0.2, 0.25) is 0 Å². The van der Waals surface area contributed by atoms with Crippen LogP contribution in [-0.2, 0) is 16.0 Å². The fraction of sp³-hybridized carbons (Fsp3) is 0.292. The maximum atomic E-state index is 15.6. The highest BCUT2D eigenvalue weighted by atomic mass is 19.1. The van der Waals surface area contributed by atoms with E-state index in [2.05, 4.69) is 22.0 Å². The van der Waals surface area contributed by atoms with Gasteiger partial charge < -0.3 is 14.8 Å². The lowest BCUT2D eigenvalue weighted by atomic mass is 9.77. The highest BCUT2D eigenvalue weighted by Crippen LogP contribution is 2.50. The van der Waals surface area contributed by atoms with Gasteiger partial charge in [-0.05, 0) is 41.3 Å². The summed E-state index contributed by atoms with van der Waals surface area (Å²) in [5.74, 6) is -1.24. The van der Waals surface area contributed by atoms with E-state index in [0.717, 1.165) is 35.8 Å². The van der Waals surface area contributed by atoms with E-state index >= 15 is 4.39 Å². The zero-order valence-corrected chi connectivity index (χ0v) is 16.3. The number of hydrogen-bond donors (Lipinski definition) is 2. The topological polar surface area (TPSA) is 65.6 Å².